The van der Waals surface area contributed by atoms with Crippen molar-refractivity contribution in [2.75, 3.05) is 6.54 Å². The number of aromatic amines is 1. The van der Waals surface area contributed by atoms with Crippen LogP contribution < -0.4 is 5.56 Å². The minimum Gasteiger partial charge on any atom is -0.303 e. The van der Waals surface area contributed by atoms with Crippen LogP contribution in [0.3, 0.4) is 0 Å². The monoisotopic (exact) mass is 438 g/mol. The van der Waals surface area contributed by atoms with Gasteiger partial charge in [-0.1, -0.05) is 18.2 Å². The molecule has 1 aliphatic heterocycles. The number of hydrogen-bond donors (Lipinski definition) is 1. The molecule has 1 N–H and O–H groups in total. The third-order valence-corrected chi connectivity index (χ3v) is 6.64. The van der Waals surface area contributed by atoms with Crippen LogP contribution in [0.5, 0.6) is 0 Å². The van der Waals surface area contributed by atoms with Crippen molar-refractivity contribution < 1.29 is 21.6 Å². The number of fused-ring (bicyclic) bond motifs is 1. The largest absolute Gasteiger partial charge is 0.449 e. The number of rotatable bonds is 4. The second kappa shape index (κ2) is 7.40. The fraction of sp³-hybridized carbons (Fsp3) is 0.263. The number of benzene rings is 1. The van der Waals surface area contributed by atoms with Crippen molar-refractivity contribution in [2.24, 2.45) is 0 Å². The summed E-state index contributed by atoms with van der Waals surface area (Å²) in [5, 5.41) is 0. The summed E-state index contributed by atoms with van der Waals surface area (Å²) < 4.78 is 65.6. The first kappa shape index (κ1) is 20.4. The van der Waals surface area contributed by atoms with E-state index < -0.39 is 27.6 Å². The Bertz CT molecular complexity index is 1230. The van der Waals surface area contributed by atoms with Crippen LogP contribution in [-0.2, 0) is 35.7 Å². The van der Waals surface area contributed by atoms with E-state index in [1.165, 1.54) is 22.3 Å². The average molecular weight is 438 g/mol. The molecule has 0 unspecified atom stereocenters. The lowest BCUT2D eigenvalue weighted by Crippen LogP contribution is -2.37. The zero-order valence-corrected chi connectivity index (χ0v) is 16.4. The maximum absolute atomic E-state index is 12.9. The van der Waals surface area contributed by atoms with E-state index in [2.05, 4.69) is 4.98 Å². The molecule has 3 aromatic rings. The van der Waals surface area contributed by atoms with Crippen LogP contribution >= 0.6 is 0 Å². The van der Waals surface area contributed by atoms with Gasteiger partial charge in [-0.25, -0.2) is 17.4 Å². The first-order chi connectivity index (χ1) is 14.2. The van der Waals surface area contributed by atoms with E-state index in [9.17, 15) is 26.4 Å². The first-order valence-corrected chi connectivity index (χ1v) is 10.5. The van der Waals surface area contributed by atoms with Crippen molar-refractivity contribution >= 4 is 10.0 Å². The second-order valence-electron chi connectivity index (χ2n) is 6.91. The van der Waals surface area contributed by atoms with Crippen LogP contribution in [0.15, 0.2) is 58.4 Å². The molecule has 1 aromatic carbocycles. The second-order valence-corrected chi connectivity index (χ2v) is 8.73. The Balaban J connectivity index is 1.59. The summed E-state index contributed by atoms with van der Waals surface area (Å²) in [6.45, 7) is 0.628. The standard InChI is InChI=1S/C19H17F3N4O3S/c20-19(21,22)18-23-16-8-10-25(12-15(16)17(27)24-18)11-13-5-4-9-26(13)30(28,29)14-6-2-1-3-7-14/h1-7,9H,8,10-12H2,(H,23,24,27). The molecule has 0 atom stereocenters. The zero-order valence-electron chi connectivity index (χ0n) is 15.6. The fourth-order valence-corrected chi connectivity index (χ4v) is 4.83. The highest BCUT2D eigenvalue weighted by molar-refractivity contribution is 7.90. The van der Waals surface area contributed by atoms with Crippen molar-refractivity contribution in [3.05, 3.63) is 81.8 Å². The van der Waals surface area contributed by atoms with Gasteiger partial charge >= 0.3 is 6.18 Å². The lowest BCUT2D eigenvalue weighted by Gasteiger charge is -2.28. The van der Waals surface area contributed by atoms with Gasteiger partial charge in [0.25, 0.3) is 15.6 Å². The third kappa shape index (κ3) is 3.77. The molecule has 11 heteroatoms. The van der Waals surface area contributed by atoms with Crippen LogP contribution in [0.25, 0.3) is 0 Å². The van der Waals surface area contributed by atoms with E-state index in [1.807, 2.05) is 0 Å². The van der Waals surface area contributed by atoms with E-state index in [4.69, 9.17) is 0 Å². The molecule has 0 radical (unpaired) electrons. The molecule has 2 aromatic heterocycles. The maximum Gasteiger partial charge on any atom is 0.449 e. The maximum atomic E-state index is 12.9. The summed E-state index contributed by atoms with van der Waals surface area (Å²) in [5.41, 5.74) is -0.0594. The van der Waals surface area contributed by atoms with Gasteiger partial charge in [-0.15, -0.1) is 0 Å². The van der Waals surface area contributed by atoms with Crippen LogP contribution in [0.4, 0.5) is 13.2 Å². The van der Waals surface area contributed by atoms with Gasteiger partial charge in [-0.05, 0) is 24.3 Å². The molecule has 30 heavy (non-hydrogen) atoms. The normalized spacial score (nSPS) is 15.2. The Morgan fingerprint density at radius 3 is 2.53 bits per heavy atom. The number of nitrogens with one attached hydrogen (secondary N) is 1. The topological polar surface area (TPSA) is 88.1 Å². The molecule has 4 rings (SSSR count). The van der Waals surface area contributed by atoms with Gasteiger partial charge in [0.1, 0.15) is 0 Å². The van der Waals surface area contributed by atoms with Gasteiger partial charge in [0.2, 0.25) is 5.82 Å². The van der Waals surface area contributed by atoms with Gasteiger partial charge in [0.05, 0.1) is 16.2 Å². The predicted molar refractivity (Wildman–Crippen MR) is 101 cm³/mol. The van der Waals surface area contributed by atoms with Crippen molar-refractivity contribution in [1.29, 1.82) is 0 Å². The summed E-state index contributed by atoms with van der Waals surface area (Å²) in [6.07, 6.45) is -3.12. The molecule has 3 heterocycles. The molecule has 0 fully saturated rings. The molecule has 7 nitrogen and oxygen atoms in total. The number of hydrogen-bond acceptors (Lipinski definition) is 5. The van der Waals surface area contributed by atoms with E-state index in [0.29, 0.717) is 12.2 Å². The highest BCUT2D eigenvalue weighted by Gasteiger charge is 2.36. The smallest absolute Gasteiger partial charge is 0.303 e. The summed E-state index contributed by atoms with van der Waals surface area (Å²) in [7, 11) is -3.78. The lowest BCUT2D eigenvalue weighted by atomic mass is 10.1. The first-order valence-electron chi connectivity index (χ1n) is 9.05. The van der Waals surface area contributed by atoms with Gasteiger partial charge in [0, 0.05) is 37.9 Å². The minimum atomic E-state index is -4.72. The van der Waals surface area contributed by atoms with Gasteiger partial charge in [-0.2, -0.15) is 13.2 Å². The molecule has 0 saturated heterocycles. The Hall–Kier alpha value is -2.92. The van der Waals surface area contributed by atoms with E-state index in [0.717, 1.165) is 0 Å². The average Bonchev–Trinajstić information content (AvgIpc) is 3.17. The van der Waals surface area contributed by atoms with Gasteiger partial charge < -0.3 is 4.98 Å². The summed E-state index contributed by atoms with van der Waals surface area (Å²) in [5.74, 6) is -1.30. The zero-order chi connectivity index (χ0) is 21.5. The molecule has 0 bridgehead atoms. The predicted octanol–water partition coefficient (Wildman–Crippen LogP) is 2.39. The Morgan fingerprint density at radius 2 is 1.83 bits per heavy atom. The number of nitrogens with zero attached hydrogens (tertiary/aromatic N) is 3. The third-order valence-electron chi connectivity index (χ3n) is 4.89. The van der Waals surface area contributed by atoms with Gasteiger partial charge in [0.15, 0.2) is 0 Å². The molecular formula is C19H17F3N4O3S. The van der Waals surface area contributed by atoms with E-state index >= 15 is 0 Å². The van der Waals surface area contributed by atoms with Crippen LogP contribution in [0, 0.1) is 0 Å². The van der Waals surface area contributed by atoms with Crippen LogP contribution in [0.1, 0.15) is 22.8 Å². The number of alkyl halides is 3. The van der Waals surface area contributed by atoms with Crippen LogP contribution in [-0.4, -0.2) is 33.8 Å². The van der Waals surface area contributed by atoms with Crippen molar-refractivity contribution in [2.45, 2.75) is 30.6 Å². The van der Waals surface area contributed by atoms with Crippen LogP contribution in [0.2, 0.25) is 0 Å². The molecule has 0 saturated carbocycles. The minimum absolute atomic E-state index is 0.0758. The molecule has 158 valence electrons. The van der Waals surface area contributed by atoms with Crippen molar-refractivity contribution in [3.63, 3.8) is 0 Å². The summed E-state index contributed by atoms with van der Waals surface area (Å²) in [4.78, 5) is 19.5. The Kier molecular flexibility index (Phi) is 5.02. The van der Waals surface area contributed by atoms with E-state index in [1.54, 1.807) is 40.2 Å². The lowest BCUT2D eigenvalue weighted by molar-refractivity contribution is -0.145. The summed E-state index contributed by atoms with van der Waals surface area (Å²) >= 11 is 0. The molecular weight excluding hydrogens is 421 g/mol. The van der Waals surface area contributed by atoms with Gasteiger partial charge in [-0.3, -0.25) is 9.69 Å². The number of H-pyrrole nitrogens is 1. The Morgan fingerprint density at radius 1 is 1.10 bits per heavy atom. The molecule has 0 spiro atoms. The number of halogens is 3. The quantitative estimate of drug-likeness (QED) is 0.676. The Labute approximate surface area is 169 Å². The molecule has 0 aliphatic carbocycles. The number of aromatic nitrogens is 3. The molecule has 1 aliphatic rings. The SMILES string of the molecule is O=c1[nH]c(C(F)(F)F)nc2c1CN(Cc1cccn1S(=O)(=O)c1ccccc1)CC2. The van der Waals surface area contributed by atoms with Crippen molar-refractivity contribution in [3.8, 4) is 0 Å². The highest BCUT2D eigenvalue weighted by atomic mass is 32.2. The fourth-order valence-electron chi connectivity index (χ4n) is 3.44. The highest BCUT2D eigenvalue weighted by Crippen LogP contribution is 2.27. The van der Waals surface area contributed by atoms with E-state index in [-0.39, 0.29) is 35.7 Å². The van der Waals surface area contributed by atoms with Crippen molar-refractivity contribution in [1.82, 2.24) is 18.8 Å². The molecule has 0 amide bonds. The summed E-state index contributed by atoms with van der Waals surface area (Å²) in [6, 6.07) is 11.2.